The van der Waals surface area contributed by atoms with Gasteiger partial charge in [-0.05, 0) is 23.3 Å². The van der Waals surface area contributed by atoms with Crippen molar-refractivity contribution in [2.45, 2.75) is 19.1 Å². The fraction of sp³-hybridized carbons (Fsp3) is 0.235. The lowest BCUT2D eigenvalue weighted by Gasteiger charge is -2.11. The van der Waals surface area contributed by atoms with E-state index in [0.29, 0.717) is 13.0 Å². The maximum Gasteiger partial charge on any atom is 0.249 e. The van der Waals surface area contributed by atoms with E-state index in [-0.39, 0.29) is 5.91 Å². The molecule has 1 atom stereocenters. The minimum atomic E-state index is -1.04. The van der Waals surface area contributed by atoms with Crippen LogP contribution in [0.1, 0.15) is 11.1 Å². The molecule has 4 heteroatoms. The standard InChI is InChI=1S/C17H19NO3/c1-21-15-9-7-14(8-10-15)12-18-17(20)16(19)11-13-5-3-2-4-6-13/h2-10,16,19H,11-12H2,1H3,(H,18,20)/t16-/m1/s1. The number of hydrogen-bond donors (Lipinski definition) is 2. The van der Waals surface area contributed by atoms with E-state index in [9.17, 15) is 9.90 Å². The molecule has 0 fully saturated rings. The van der Waals surface area contributed by atoms with Gasteiger partial charge in [0, 0.05) is 13.0 Å². The maximum absolute atomic E-state index is 11.9. The highest BCUT2D eigenvalue weighted by Crippen LogP contribution is 2.11. The van der Waals surface area contributed by atoms with Crippen molar-refractivity contribution in [2.24, 2.45) is 0 Å². The molecule has 2 rings (SSSR count). The summed E-state index contributed by atoms with van der Waals surface area (Å²) in [5.74, 6) is 0.406. The molecule has 0 spiro atoms. The van der Waals surface area contributed by atoms with Crippen molar-refractivity contribution >= 4 is 5.91 Å². The third-order valence-corrected chi connectivity index (χ3v) is 3.20. The first-order chi connectivity index (χ1) is 10.2. The fourth-order valence-electron chi connectivity index (χ4n) is 1.98. The van der Waals surface area contributed by atoms with Crippen molar-refractivity contribution in [3.8, 4) is 5.75 Å². The Kier molecular flexibility index (Phi) is 5.35. The van der Waals surface area contributed by atoms with Crippen molar-refractivity contribution in [1.82, 2.24) is 5.32 Å². The van der Waals surface area contributed by atoms with Gasteiger partial charge < -0.3 is 15.2 Å². The predicted octanol–water partition coefficient (Wildman–Crippen LogP) is 1.91. The molecule has 0 aliphatic heterocycles. The number of carbonyl (C=O) groups is 1. The predicted molar refractivity (Wildman–Crippen MR) is 81.0 cm³/mol. The summed E-state index contributed by atoms with van der Waals surface area (Å²) in [6, 6.07) is 16.9. The van der Waals surface area contributed by atoms with E-state index in [4.69, 9.17) is 4.74 Å². The molecule has 2 aromatic rings. The average molecular weight is 285 g/mol. The van der Waals surface area contributed by atoms with Crippen molar-refractivity contribution < 1.29 is 14.6 Å². The summed E-state index contributed by atoms with van der Waals surface area (Å²) in [6.45, 7) is 0.384. The molecule has 0 saturated heterocycles. The van der Waals surface area contributed by atoms with Gasteiger partial charge in [0.1, 0.15) is 11.9 Å². The highest BCUT2D eigenvalue weighted by molar-refractivity contribution is 5.80. The van der Waals surface area contributed by atoms with Gasteiger partial charge in [-0.15, -0.1) is 0 Å². The van der Waals surface area contributed by atoms with Crippen LogP contribution in [0.3, 0.4) is 0 Å². The average Bonchev–Trinajstić information content (AvgIpc) is 2.54. The quantitative estimate of drug-likeness (QED) is 0.852. The molecule has 0 unspecified atom stereocenters. The van der Waals surface area contributed by atoms with Crippen LogP contribution in [0, 0.1) is 0 Å². The van der Waals surface area contributed by atoms with Crippen LogP contribution >= 0.6 is 0 Å². The van der Waals surface area contributed by atoms with Crippen LogP contribution in [-0.4, -0.2) is 24.2 Å². The topological polar surface area (TPSA) is 58.6 Å². The molecule has 110 valence electrons. The number of hydrogen-bond acceptors (Lipinski definition) is 3. The molecule has 0 heterocycles. The number of rotatable bonds is 6. The number of benzene rings is 2. The summed E-state index contributed by atoms with van der Waals surface area (Å²) in [5.41, 5.74) is 1.89. The molecule has 0 aromatic heterocycles. The third kappa shape index (κ3) is 4.61. The summed E-state index contributed by atoms with van der Waals surface area (Å²) in [5, 5.41) is 12.6. The normalized spacial score (nSPS) is 11.7. The Bertz CT molecular complexity index is 566. The molecule has 0 aliphatic rings. The van der Waals surface area contributed by atoms with Crippen LogP contribution in [0.15, 0.2) is 54.6 Å². The first-order valence-electron chi connectivity index (χ1n) is 6.81. The van der Waals surface area contributed by atoms with Crippen LogP contribution < -0.4 is 10.1 Å². The van der Waals surface area contributed by atoms with Gasteiger partial charge in [-0.25, -0.2) is 0 Å². The van der Waals surface area contributed by atoms with Crippen LogP contribution in [0.5, 0.6) is 5.75 Å². The monoisotopic (exact) mass is 285 g/mol. The maximum atomic E-state index is 11.9. The Hall–Kier alpha value is -2.33. The molecular weight excluding hydrogens is 266 g/mol. The fourth-order valence-corrected chi connectivity index (χ4v) is 1.98. The van der Waals surface area contributed by atoms with E-state index in [1.54, 1.807) is 7.11 Å². The zero-order valence-electron chi connectivity index (χ0n) is 12.0. The number of carbonyl (C=O) groups excluding carboxylic acids is 1. The molecule has 2 N–H and O–H groups in total. The lowest BCUT2D eigenvalue weighted by Crippen LogP contribution is -2.35. The molecule has 4 nitrogen and oxygen atoms in total. The Morgan fingerprint density at radius 1 is 1.10 bits per heavy atom. The molecule has 2 aromatic carbocycles. The smallest absolute Gasteiger partial charge is 0.249 e. The van der Waals surface area contributed by atoms with Crippen molar-refractivity contribution in [2.75, 3.05) is 7.11 Å². The highest BCUT2D eigenvalue weighted by Gasteiger charge is 2.14. The van der Waals surface area contributed by atoms with Crippen molar-refractivity contribution in [3.63, 3.8) is 0 Å². The van der Waals surface area contributed by atoms with E-state index in [1.807, 2.05) is 54.6 Å². The SMILES string of the molecule is COc1ccc(CNC(=O)[C@H](O)Cc2ccccc2)cc1. The summed E-state index contributed by atoms with van der Waals surface area (Å²) < 4.78 is 5.07. The summed E-state index contributed by atoms with van der Waals surface area (Å²) in [6.07, 6.45) is -0.722. The van der Waals surface area contributed by atoms with Crippen LogP contribution in [0.25, 0.3) is 0 Å². The number of nitrogens with one attached hydrogen (secondary N) is 1. The number of aliphatic hydroxyl groups is 1. The number of amides is 1. The summed E-state index contributed by atoms with van der Waals surface area (Å²) in [4.78, 5) is 11.9. The van der Waals surface area contributed by atoms with E-state index in [1.165, 1.54) is 0 Å². The Morgan fingerprint density at radius 2 is 1.76 bits per heavy atom. The second-order valence-electron chi connectivity index (χ2n) is 4.77. The zero-order valence-corrected chi connectivity index (χ0v) is 12.0. The minimum Gasteiger partial charge on any atom is -0.497 e. The number of aliphatic hydroxyl groups excluding tert-OH is 1. The van der Waals surface area contributed by atoms with Gasteiger partial charge in [0.05, 0.1) is 7.11 Å². The van der Waals surface area contributed by atoms with Gasteiger partial charge in [-0.1, -0.05) is 42.5 Å². The van der Waals surface area contributed by atoms with Crippen LogP contribution in [0.2, 0.25) is 0 Å². The van der Waals surface area contributed by atoms with Gasteiger partial charge >= 0.3 is 0 Å². The third-order valence-electron chi connectivity index (χ3n) is 3.20. The van der Waals surface area contributed by atoms with Crippen LogP contribution in [0.4, 0.5) is 0 Å². The molecule has 0 radical (unpaired) electrons. The number of methoxy groups -OCH3 is 1. The molecular formula is C17H19NO3. The van der Waals surface area contributed by atoms with Gasteiger partial charge in [-0.2, -0.15) is 0 Å². The van der Waals surface area contributed by atoms with Crippen LogP contribution in [-0.2, 0) is 17.8 Å². The largest absolute Gasteiger partial charge is 0.497 e. The number of ether oxygens (including phenoxy) is 1. The van der Waals surface area contributed by atoms with Gasteiger partial charge in [0.2, 0.25) is 5.91 Å². The molecule has 0 aliphatic carbocycles. The molecule has 1 amide bonds. The van der Waals surface area contributed by atoms with E-state index < -0.39 is 6.10 Å². The van der Waals surface area contributed by atoms with E-state index in [0.717, 1.165) is 16.9 Å². The first-order valence-corrected chi connectivity index (χ1v) is 6.81. The van der Waals surface area contributed by atoms with Gasteiger partial charge in [0.15, 0.2) is 0 Å². The Morgan fingerprint density at radius 3 is 2.38 bits per heavy atom. The zero-order chi connectivity index (χ0) is 15.1. The second kappa shape index (κ2) is 7.45. The lowest BCUT2D eigenvalue weighted by atomic mass is 10.1. The van der Waals surface area contributed by atoms with E-state index in [2.05, 4.69) is 5.32 Å². The Balaban J connectivity index is 1.83. The summed E-state index contributed by atoms with van der Waals surface area (Å²) in [7, 11) is 1.61. The van der Waals surface area contributed by atoms with Gasteiger partial charge in [-0.3, -0.25) is 4.79 Å². The molecule has 0 saturated carbocycles. The first kappa shape index (κ1) is 15.1. The van der Waals surface area contributed by atoms with Crippen molar-refractivity contribution in [1.29, 1.82) is 0 Å². The second-order valence-corrected chi connectivity index (χ2v) is 4.77. The molecule has 21 heavy (non-hydrogen) atoms. The van der Waals surface area contributed by atoms with Gasteiger partial charge in [0.25, 0.3) is 0 Å². The molecule has 0 bridgehead atoms. The van der Waals surface area contributed by atoms with Crippen molar-refractivity contribution in [3.05, 3.63) is 65.7 Å². The van der Waals surface area contributed by atoms with E-state index >= 15 is 0 Å². The summed E-state index contributed by atoms with van der Waals surface area (Å²) >= 11 is 0. The Labute approximate surface area is 124 Å². The lowest BCUT2D eigenvalue weighted by molar-refractivity contribution is -0.129. The highest BCUT2D eigenvalue weighted by atomic mass is 16.5. The minimum absolute atomic E-state index is 0.315.